The van der Waals surface area contributed by atoms with Crippen LogP contribution < -0.4 is 0 Å². The Balaban J connectivity index is 2.62. The van der Waals surface area contributed by atoms with Gasteiger partial charge in [-0.05, 0) is 46.0 Å². The molecular formula is C13H24O3. The molecule has 0 radical (unpaired) electrons. The van der Waals surface area contributed by atoms with E-state index < -0.39 is 5.41 Å². The number of esters is 1. The Labute approximate surface area is 98.2 Å². The van der Waals surface area contributed by atoms with Crippen molar-refractivity contribution >= 4 is 5.97 Å². The van der Waals surface area contributed by atoms with E-state index in [1.165, 1.54) is 6.42 Å². The van der Waals surface area contributed by atoms with Crippen LogP contribution in [0.25, 0.3) is 0 Å². The number of ether oxygens (including phenoxy) is 1. The summed E-state index contributed by atoms with van der Waals surface area (Å²) in [6, 6.07) is 0. The van der Waals surface area contributed by atoms with Crippen molar-refractivity contribution in [3.05, 3.63) is 0 Å². The largest absolute Gasteiger partial charge is 0.459 e. The maximum Gasteiger partial charge on any atom is 0.314 e. The lowest BCUT2D eigenvalue weighted by Crippen LogP contribution is -2.41. The van der Waals surface area contributed by atoms with Crippen LogP contribution in [-0.4, -0.2) is 23.3 Å². The van der Waals surface area contributed by atoms with Gasteiger partial charge in [0, 0.05) is 0 Å². The first-order valence-corrected chi connectivity index (χ1v) is 6.30. The van der Waals surface area contributed by atoms with Crippen LogP contribution in [0.1, 0.15) is 59.3 Å². The molecule has 1 atom stereocenters. The average molecular weight is 228 g/mol. The molecule has 0 aromatic carbocycles. The van der Waals surface area contributed by atoms with E-state index in [2.05, 4.69) is 0 Å². The van der Waals surface area contributed by atoms with E-state index in [9.17, 15) is 9.90 Å². The first-order chi connectivity index (χ1) is 7.46. The van der Waals surface area contributed by atoms with Gasteiger partial charge in [-0.15, -0.1) is 0 Å². The highest BCUT2D eigenvalue weighted by molar-refractivity contribution is 5.76. The van der Waals surface area contributed by atoms with Crippen molar-refractivity contribution < 1.29 is 14.6 Å². The highest BCUT2D eigenvalue weighted by atomic mass is 16.6. The molecule has 1 N–H and O–H groups in total. The molecule has 1 unspecified atom stereocenters. The van der Waals surface area contributed by atoms with Crippen molar-refractivity contribution in [2.45, 2.75) is 64.9 Å². The number of carbonyl (C=O) groups is 1. The van der Waals surface area contributed by atoms with Crippen LogP contribution in [0.3, 0.4) is 0 Å². The Morgan fingerprint density at radius 2 is 1.94 bits per heavy atom. The fourth-order valence-electron chi connectivity index (χ4n) is 2.07. The normalized spacial score (nSPS) is 23.5. The average Bonchev–Trinajstić information content (AvgIpc) is 2.28. The second kappa shape index (κ2) is 5.17. The summed E-state index contributed by atoms with van der Waals surface area (Å²) < 4.78 is 5.63. The molecular weight excluding hydrogens is 204 g/mol. The molecule has 0 amide bonds. The number of rotatable bonds is 4. The molecule has 0 aliphatic heterocycles. The summed E-state index contributed by atoms with van der Waals surface area (Å²) in [5.74, 6) is -0.248. The van der Waals surface area contributed by atoms with Crippen LogP contribution in [-0.2, 0) is 9.53 Å². The molecule has 1 saturated carbocycles. The zero-order chi connectivity index (χ0) is 12.2. The van der Waals surface area contributed by atoms with Gasteiger partial charge in [0.15, 0.2) is 0 Å². The third kappa shape index (κ3) is 2.97. The Morgan fingerprint density at radius 1 is 1.38 bits per heavy atom. The quantitative estimate of drug-likeness (QED) is 0.752. The first kappa shape index (κ1) is 13.5. The van der Waals surface area contributed by atoms with Crippen LogP contribution >= 0.6 is 0 Å². The maximum atomic E-state index is 12.0. The molecule has 3 nitrogen and oxygen atoms in total. The van der Waals surface area contributed by atoms with Crippen LogP contribution in [0.5, 0.6) is 0 Å². The second-order valence-electron chi connectivity index (χ2n) is 5.47. The van der Waals surface area contributed by atoms with Crippen molar-refractivity contribution in [1.82, 2.24) is 0 Å². The number of hydrogen-bond acceptors (Lipinski definition) is 3. The predicted octanol–water partition coefficient (Wildman–Crippen LogP) is 2.66. The van der Waals surface area contributed by atoms with Crippen LogP contribution in [0, 0.1) is 5.41 Å². The summed E-state index contributed by atoms with van der Waals surface area (Å²) in [4.78, 5) is 12.0. The van der Waals surface area contributed by atoms with Gasteiger partial charge >= 0.3 is 5.97 Å². The zero-order valence-corrected chi connectivity index (χ0v) is 10.7. The maximum absolute atomic E-state index is 12.0. The summed E-state index contributed by atoms with van der Waals surface area (Å²) in [7, 11) is 0. The van der Waals surface area contributed by atoms with E-state index in [-0.39, 0.29) is 18.2 Å². The van der Waals surface area contributed by atoms with Crippen molar-refractivity contribution in [3.63, 3.8) is 0 Å². The van der Waals surface area contributed by atoms with Crippen LogP contribution in [0.2, 0.25) is 0 Å². The van der Waals surface area contributed by atoms with Gasteiger partial charge in [-0.2, -0.15) is 0 Å². The summed E-state index contributed by atoms with van der Waals surface area (Å²) in [6.07, 6.45) is 6.00. The van der Waals surface area contributed by atoms with Gasteiger partial charge in [0.2, 0.25) is 0 Å². The standard InChI is InChI=1S/C13H24O3/c1-4-12(2,10-14)11(15)16-13(3)8-6-5-7-9-13/h14H,4-10H2,1-3H3. The minimum atomic E-state index is -0.736. The molecule has 94 valence electrons. The molecule has 0 aromatic rings. The Morgan fingerprint density at radius 3 is 2.38 bits per heavy atom. The highest BCUT2D eigenvalue weighted by Crippen LogP contribution is 2.34. The van der Waals surface area contributed by atoms with Crippen molar-refractivity contribution in [3.8, 4) is 0 Å². The predicted molar refractivity (Wildman–Crippen MR) is 63.1 cm³/mol. The second-order valence-corrected chi connectivity index (χ2v) is 5.47. The SMILES string of the molecule is CCC(C)(CO)C(=O)OC1(C)CCCCC1. The zero-order valence-electron chi connectivity index (χ0n) is 10.7. The molecule has 1 fully saturated rings. The summed E-state index contributed by atoms with van der Waals surface area (Å²) in [6.45, 7) is 5.54. The minimum absolute atomic E-state index is 0.140. The van der Waals surface area contributed by atoms with Gasteiger partial charge in [0.05, 0.1) is 12.0 Å². The molecule has 0 saturated heterocycles. The van der Waals surface area contributed by atoms with E-state index in [4.69, 9.17) is 4.74 Å². The Hall–Kier alpha value is -0.570. The van der Waals surface area contributed by atoms with Gasteiger partial charge in [-0.25, -0.2) is 0 Å². The van der Waals surface area contributed by atoms with Crippen molar-refractivity contribution in [2.75, 3.05) is 6.61 Å². The van der Waals surface area contributed by atoms with Gasteiger partial charge < -0.3 is 9.84 Å². The lowest BCUT2D eigenvalue weighted by atomic mass is 9.84. The molecule has 0 heterocycles. The number of hydrogen-bond donors (Lipinski definition) is 1. The monoisotopic (exact) mass is 228 g/mol. The fourth-order valence-corrected chi connectivity index (χ4v) is 2.07. The highest BCUT2D eigenvalue weighted by Gasteiger charge is 2.38. The van der Waals surface area contributed by atoms with E-state index in [1.807, 2.05) is 13.8 Å². The van der Waals surface area contributed by atoms with Gasteiger partial charge in [-0.1, -0.05) is 13.3 Å². The minimum Gasteiger partial charge on any atom is -0.459 e. The van der Waals surface area contributed by atoms with E-state index in [0.717, 1.165) is 25.7 Å². The van der Waals surface area contributed by atoms with Crippen molar-refractivity contribution in [2.24, 2.45) is 5.41 Å². The molecule has 0 bridgehead atoms. The topological polar surface area (TPSA) is 46.5 Å². The molecule has 3 heteroatoms. The molecule has 0 spiro atoms. The summed E-state index contributed by atoms with van der Waals surface area (Å²) >= 11 is 0. The lowest BCUT2D eigenvalue weighted by molar-refractivity contribution is -0.175. The molecule has 1 aliphatic carbocycles. The van der Waals surface area contributed by atoms with Crippen molar-refractivity contribution in [1.29, 1.82) is 0 Å². The smallest absolute Gasteiger partial charge is 0.314 e. The Kier molecular flexibility index (Phi) is 4.36. The van der Waals surface area contributed by atoms with Gasteiger partial charge in [0.25, 0.3) is 0 Å². The van der Waals surface area contributed by atoms with Gasteiger partial charge in [-0.3, -0.25) is 4.79 Å². The fraction of sp³-hybridized carbons (Fsp3) is 0.923. The van der Waals surface area contributed by atoms with Crippen LogP contribution in [0.4, 0.5) is 0 Å². The number of aliphatic hydroxyl groups is 1. The Bertz CT molecular complexity index is 238. The third-order valence-corrected chi connectivity index (χ3v) is 3.87. The third-order valence-electron chi connectivity index (χ3n) is 3.87. The summed E-state index contributed by atoms with van der Waals surface area (Å²) in [5, 5.41) is 9.27. The lowest BCUT2D eigenvalue weighted by Gasteiger charge is -2.36. The summed E-state index contributed by atoms with van der Waals surface area (Å²) in [5.41, 5.74) is -1.04. The number of carbonyl (C=O) groups excluding carboxylic acids is 1. The molecule has 16 heavy (non-hydrogen) atoms. The van der Waals surface area contributed by atoms with E-state index in [0.29, 0.717) is 6.42 Å². The van der Waals surface area contributed by atoms with Gasteiger partial charge in [0.1, 0.15) is 5.60 Å². The first-order valence-electron chi connectivity index (χ1n) is 6.30. The molecule has 0 aromatic heterocycles. The number of aliphatic hydroxyl groups excluding tert-OH is 1. The molecule has 1 rings (SSSR count). The van der Waals surface area contributed by atoms with Crippen LogP contribution in [0.15, 0.2) is 0 Å². The van der Waals surface area contributed by atoms with E-state index >= 15 is 0 Å². The van der Waals surface area contributed by atoms with E-state index in [1.54, 1.807) is 6.92 Å². The molecule has 1 aliphatic rings.